The highest BCUT2D eigenvalue weighted by Gasteiger charge is 2.30. The van der Waals surface area contributed by atoms with Crippen molar-refractivity contribution < 1.29 is 4.79 Å². The molecular weight excluding hydrogens is 418 g/mol. The maximum Gasteiger partial charge on any atom is 0.274 e. The van der Waals surface area contributed by atoms with E-state index < -0.39 is 0 Å². The van der Waals surface area contributed by atoms with Gasteiger partial charge in [0, 0.05) is 37.3 Å². The first kappa shape index (κ1) is 20.6. The maximum absolute atomic E-state index is 13.6. The summed E-state index contributed by atoms with van der Waals surface area (Å²) in [4.78, 5) is 32.7. The lowest BCUT2D eigenvalue weighted by atomic mass is 10.1. The van der Waals surface area contributed by atoms with Gasteiger partial charge < -0.3 is 9.80 Å². The van der Waals surface area contributed by atoms with Crippen molar-refractivity contribution in [3.05, 3.63) is 71.5 Å². The van der Waals surface area contributed by atoms with Gasteiger partial charge in [-0.1, -0.05) is 48.5 Å². The van der Waals surface area contributed by atoms with Gasteiger partial charge in [0.25, 0.3) is 5.91 Å². The summed E-state index contributed by atoms with van der Waals surface area (Å²) in [6.07, 6.45) is 2.73. The van der Waals surface area contributed by atoms with Crippen molar-refractivity contribution >= 4 is 34.1 Å². The Morgan fingerprint density at radius 1 is 1.00 bits per heavy atom. The van der Waals surface area contributed by atoms with Crippen molar-refractivity contribution in [2.24, 2.45) is 0 Å². The van der Waals surface area contributed by atoms with E-state index in [1.54, 1.807) is 11.3 Å². The molecule has 2 aromatic carbocycles. The molecule has 1 saturated heterocycles. The predicted molar refractivity (Wildman–Crippen MR) is 129 cm³/mol. The molecule has 4 aromatic rings. The van der Waals surface area contributed by atoms with Crippen molar-refractivity contribution in [1.82, 2.24) is 19.9 Å². The Morgan fingerprint density at radius 3 is 2.62 bits per heavy atom. The van der Waals surface area contributed by atoms with E-state index in [9.17, 15) is 4.79 Å². The molecule has 0 radical (unpaired) electrons. The highest BCUT2D eigenvalue weighted by Crippen LogP contribution is 2.31. The third-order valence-electron chi connectivity index (χ3n) is 5.95. The Labute approximate surface area is 191 Å². The number of amides is 1. The van der Waals surface area contributed by atoms with E-state index in [1.807, 2.05) is 72.6 Å². The molecule has 0 spiro atoms. The molecule has 0 aliphatic carbocycles. The van der Waals surface area contributed by atoms with Crippen LogP contribution in [0.4, 0.5) is 5.95 Å². The minimum atomic E-state index is 0.00184. The van der Waals surface area contributed by atoms with Crippen molar-refractivity contribution in [2.75, 3.05) is 24.5 Å². The van der Waals surface area contributed by atoms with Gasteiger partial charge in [0.05, 0.1) is 15.4 Å². The van der Waals surface area contributed by atoms with Gasteiger partial charge in [-0.2, -0.15) is 0 Å². The molecule has 1 unspecified atom stereocenters. The van der Waals surface area contributed by atoms with Gasteiger partial charge in [-0.3, -0.25) is 4.79 Å². The van der Waals surface area contributed by atoms with Crippen molar-refractivity contribution in [2.45, 2.75) is 26.3 Å². The number of fused-ring (bicyclic) bond motifs is 1. The Morgan fingerprint density at radius 2 is 1.78 bits per heavy atom. The molecule has 7 heteroatoms. The van der Waals surface area contributed by atoms with Crippen molar-refractivity contribution in [1.29, 1.82) is 0 Å². The zero-order valence-electron chi connectivity index (χ0n) is 18.2. The second-order valence-corrected chi connectivity index (χ2v) is 9.33. The quantitative estimate of drug-likeness (QED) is 0.455. The topological polar surface area (TPSA) is 62.2 Å². The molecule has 2 aromatic heterocycles. The Balaban J connectivity index is 1.39. The number of aryl methyl sites for hydroxylation is 1. The van der Waals surface area contributed by atoms with E-state index in [4.69, 9.17) is 4.98 Å². The average Bonchev–Trinajstić information content (AvgIpc) is 3.11. The number of benzene rings is 2. The van der Waals surface area contributed by atoms with Crippen molar-refractivity contribution in [3.63, 3.8) is 0 Å². The van der Waals surface area contributed by atoms with Crippen LogP contribution in [0.15, 0.2) is 60.8 Å². The van der Waals surface area contributed by atoms with Gasteiger partial charge >= 0.3 is 0 Å². The summed E-state index contributed by atoms with van der Waals surface area (Å²) in [6, 6.07) is 18.2. The lowest BCUT2D eigenvalue weighted by Crippen LogP contribution is -2.40. The van der Waals surface area contributed by atoms with Crippen LogP contribution in [0.1, 0.15) is 28.8 Å². The third kappa shape index (κ3) is 3.96. The number of rotatable bonds is 3. The molecule has 32 heavy (non-hydrogen) atoms. The van der Waals surface area contributed by atoms with Gasteiger partial charge in [0.15, 0.2) is 0 Å². The van der Waals surface area contributed by atoms with Gasteiger partial charge in [-0.05, 0) is 31.9 Å². The minimum Gasteiger partial charge on any atom is -0.339 e. The zero-order chi connectivity index (χ0) is 22.1. The van der Waals surface area contributed by atoms with Crippen LogP contribution < -0.4 is 4.90 Å². The average molecular weight is 444 g/mol. The first-order valence-corrected chi connectivity index (χ1v) is 11.7. The van der Waals surface area contributed by atoms with Crippen LogP contribution in [0.3, 0.4) is 0 Å². The first-order chi connectivity index (χ1) is 15.6. The molecule has 0 bridgehead atoms. The fraction of sp³-hybridized carbons (Fsp3) is 0.280. The zero-order valence-corrected chi connectivity index (χ0v) is 19.0. The predicted octanol–water partition coefficient (Wildman–Crippen LogP) is 4.80. The number of thiazole rings is 1. The van der Waals surface area contributed by atoms with Crippen LogP contribution in [-0.2, 0) is 0 Å². The van der Waals surface area contributed by atoms with Crippen LogP contribution in [0.5, 0.6) is 0 Å². The van der Waals surface area contributed by atoms with Crippen LogP contribution in [0, 0.1) is 6.92 Å². The second kappa shape index (κ2) is 8.67. The Hall–Kier alpha value is -3.32. The molecule has 1 atom stereocenters. The van der Waals surface area contributed by atoms with Crippen LogP contribution >= 0.6 is 11.3 Å². The molecule has 3 heterocycles. The Kier molecular flexibility index (Phi) is 5.57. The third-order valence-corrected chi connectivity index (χ3v) is 6.97. The van der Waals surface area contributed by atoms with Gasteiger partial charge in [-0.25, -0.2) is 15.0 Å². The molecule has 162 valence electrons. The highest BCUT2D eigenvalue weighted by molar-refractivity contribution is 7.15. The smallest absolute Gasteiger partial charge is 0.274 e. The normalized spacial score (nSPS) is 16.9. The molecule has 1 amide bonds. The summed E-state index contributed by atoms with van der Waals surface area (Å²) >= 11 is 1.58. The van der Waals surface area contributed by atoms with E-state index in [0.29, 0.717) is 18.8 Å². The minimum absolute atomic E-state index is 0.00184. The Bertz CT molecular complexity index is 1260. The highest BCUT2D eigenvalue weighted by atomic mass is 32.1. The molecular formula is C25H25N5OS. The number of carbonyl (C=O) groups is 1. The molecule has 1 aliphatic rings. The van der Waals surface area contributed by atoms with Crippen LogP contribution in [0.2, 0.25) is 0 Å². The van der Waals surface area contributed by atoms with Crippen molar-refractivity contribution in [3.8, 4) is 10.4 Å². The number of carbonyl (C=O) groups excluding carboxylic acids is 1. The molecule has 0 N–H and O–H groups in total. The van der Waals surface area contributed by atoms with Gasteiger partial charge in [0.1, 0.15) is 5.69 Å². The van der Waals surface area contributed by atoms with E-state index in [1.165, 1.54) is 0 Å². The summed E-state index contributed by atoms with van der Waals surface area (Å²) in [5.41, 5.74) is 2.53. The standard InChI is InChI=1S/C25H25N5OS/c1-17-12-13-29(25-26-16-20-10-6-7-11-21(20)28-25)14-15-30(17)24(31)22-23(32-18(2)27-22)19-8-4-3-5-9-19/h3-11,16-17H,12-15H2,1-2H3. The lowest BCUT2D eigenvalue weighted by molar-refractivity contribution is 0.0700. The number of hydrogen-bond acceptors (Lipinski definition) is 6. The number of nitrogens with zero attached hydrogens (tertiary/aromatic N) is 5. The number of anilines is 1. The van der Waals surface area contributed by atoms with Crippen LogP contribution in [-0.4, -0.2) is 51.4 Å². The number of para-hydroxylation sites is 1. The number of aromatic nitrogens is 3. The summed E-state index contributed by atoms with van der Waals surface area (Å²) < 4.78 is 0. The fourth-order valence-electron chi connectivity index (χ4n) is 4.17. The van der Waals surface area contributed by atoms with Gasteiger partial charge in [0.2, 0.25) is 5.95 Å². The molecule has 6 nitrogen and oxygen atoms in total. The molecule has 1 fully saturated rings. The summed E-state index contributed by atoms with van der Waals surface area (Å²) in [6.45, 7) is 6.19. The summed E-state index contributed by atoms with van der Waals surface area (Å²) in [7, 11) is 0. The number of hydrogen-bond donors (Lipinski definition) is 0. The summed E-state index contributed by atoms with van der Waals surface area (Å²) in [5.74, 6) is 0.724. The van der Waals surface area contributed by atoms with E-state index in [-0.39, 0.29) is 11.9 Å². The first-order valence-electron chi connectivity index (χ1n) is 10.9. The van der Waals surface area contributed by atoms with Crippen LogP contribution in [0.25, 0.3) is 21.3 Å². The molecule has 5 rings (SSSR count). The van der Waals surface area contributed by atoms with Gasteiger partial charge in [-0.15, -0.1) is 11.3 Å². The largest absolute Gasteiger partial charge is 0.339 e. The SMILES string of the molecule is Cc1nc(C(=O)N2CCN(c3ncc4ccccc4n3)CCC2C)c(-c2ccccc2)s1. The fourth-order valence-corrected chi connectivity index (χ4v) is 5.08. The lowest BCUT2D eigenvalue weighted by Gasteiger charge is -2.26. The van der Waals surface area contributed by atoms with E-state index >= 15 is 0 Å². The second-order valence-electron chi connectivity index (χ2n) is 8.13. The monoisotopic (exact) mass is 443 g/mol. The summed E-state index contributed by atoms with van der Waals surface area (Å²) in [5, 5.41) is 1.93. The van der Waals surface area contributed by atoms with E-state index in [2.05, 4.69) is 21.8 Å². The van der Waals surface area contributed by atoms with E-state index in [0.717, 1.165) is 45.3 Å². The molecule has 1 aliphatic heterocycles. The molecule has 0 saturated carbocycles. The maximum atomic E-state index is 13.6.